The van der Waals surface area contributed by atoms with Crippen LogP contribution in [0.2, 0.25) is 0 Å². The fraction of sp³-hybridized carbons (Fsp3) is 0.571. The zero-order valence-electron chi connectivity index (χ0n) is 11.4. The van der Waals surface area contributed by atoms with Gasteiger partial charge in [-0.15, -0.1) is 0 Å². The Morgan fingerprint density at radius 2 is 1.89 bits per heavy atom. The Kier molecular flexibility index (Phi) is 5.82. The molecule has 1 N–H and O–H groups in total. The molecule has 0 aliphatic carbocycles. The smallest absolute Gasteiger partial charge is 0.175 e. The highest BCUT2D eigenvalue weighted by molar-refractivity contribution is 7.90. The molecule has 0 radical (unpaired) electrons. The Labute approximate surface area is 111 Å². The van der Waals surface area contributed by atoms with Gasteiger partial charge in [0.25, 0.3) is 0 Å². The van der Waals surface area contributed by atoms with E-state index in [1.54, 1.807) is 12.1 Å². The Morgan fingerprint density at radius 1 is 1.22 bits per heavy atom. The van der Waals surface area contributed by atoms with Gasteiger partial charge in [0.1, 0.15) is 0 Å². The van der Waals surface area contributed by atoms with Gasteiger partial charge in [-0.1, -0.05) is 38.5 Å². The number of nitrogens with one attached hydrogen (secondary N) is 1. The molecule has 0 heterocycles. The van der Waals surface area contributed by atoms with E-state index in [4.69, 9.17) is 0 Å². The van der Waals surface area contributed by atoms with Crippen molar-refractivity contribution >= 4 is 9.84 Å². The largest absolute Gasteiger partial charge is 0.314 e. The van der Waals surface area contributed by atoms with Crippen molar-refractivity contribution in [2.75, 3.05) is 12.8 Å². The van der Waals surface area contributed by atoms with Crippen LogP contribution in [0, 0.1) is 0 Å². The van der Waals surface area contributed by atoms with Crippen molar-refractivity contribution in [1.29, 1.82) is 0 Å². The maximum atomic E-state index is 11.7. The van der Waals surface area contributed by atoms with Crippen LogP contribution in [0.5, 0.6) is 0 Å². The van der Waals surface area contributed by atoms with Gasteiger partial charge >= 0.3 is 0 Å². The van der Waals surface area contributed by atoms with E-state index in [1.807, 2.05) is 12.1 Å². The molecule has 1 atom stereocenters. The second kappa shape index (κ2) is 6.90. The molecule has 0 bridgehead atoms. The number of rotatable bonds is 7. The Bertz CT molecular complexity index is 462. The summed E-state index contributed by atoms with van der Waals surface area (Å²) in [5, 5.41) is 3.42. The maximum absolute atomic E-state index is 11.7. The van der Waals surface area contributed by atoms with Crippen LogP contribution in [-0.4, -0.2) is 27.3 Å². The SMILES string of the molecule is CCCC(Cc1ccccc1S(C)(=O)=O)NCC. The Morgan fingerprint density at radius 3 is 2.44 bits per heavy atom. The van der Waals surface area contributed by atoms with Gasteiger partial charge in [-0.3, -0.25) is 0 Å². The van der Waals surface area contributed by atoms with Crippen molar-refractivity contribution in [2.24, 2.45) is 0 Å². The minimum Gasteiger partial charge on any atom is -0.314 e. The molecular formula is C14H23NO2S. The predicted molar refractivity (Wildman–Crippen MR) is 75.6 cm³/mol. The standard InChI is InChI=1S/C14H23NO2S/c1-4-8-13(15-5-2)11-12-9-6-7-10-14(12)18(3,16)17/h6-7,9-10,13,15H,4-5,8,11H2,1-3H3. The molecule has 1 unspecified atom stereocenters. The highest BCUT2D eigenvalue weighted by Crippen LogP contribution is 2.18. The normalized spacial score (nSPS) is 13.5. The zero-order chi connectivity index (χ0) is 13.6. The molecule has 0 amide bonds. The van der Waals surface area contributed by atoms with Gasteiger partial charge in [-0.05, 0) is 31.0 Å². The van der Waals surface area contributed by atoms with Gasteiger partial charge in [0.15, 0.2) is 9.84 Å². The van der Waals surface area contributed by atoms with Gasteiger partial charge in [0.2, 0.25) is 0 Å². The first-order valence-corrected chi connectivity index (χ1v) is 8.39. The van der Waals surface area contributed by atoms with Crippen molar-refractivity contribution in [1.82, 2.24) is 5.32 Å². The molecule has 0 spiro atoms. The summed E-state index contributed by atoms with van der Waals surface area (Å²) in [5.74, 6) is 0. The molecule has 1 aromatic rings. The molecule has 0 saturated carbocycles. The van der Waals surface area contributed by atoms with Crippen LogP contribution in [0.25, 0.3) is 0 Å². The molecular weight excluding hydrogens is 246 g/mol. The quantitative estimate of drug-likeness (QED) is 0.827. The number of hydrogen-bond donors (Lipinski definition) is 1. The van der Waals surface area contributed by atoms with Crippen molar-refractivity contribution in [3.8, 4) is 0 Å². The summed E-state index contributed by atoms with van der Waals surface area (Å²) in [5.41, 5.74) is 0.916. The van der Waals surface area contributed by atoms with Crippen LogP contribution in [0.15, 0.2) is 29.2 Å². The first kappa shape index (κ1) is 15.2. The highest BCUT2D eigenvalue weighted by atomic mass is 32.2. The number of sulfone groups is 1. The van der Waals surface area contributed by atoms with Gasteiger partial charge < -0.3 is 5.32 Å². The van der Waals surface area contributed by atoms with E-state index >= 15 is 0 Å². The fourth-order valence-corrected chi connectivity index (χ4v) is 3.17. The third-order valence-electron chi connectivity index (χ3n) is 2.97. The molecule has 0 aromatic heterocycles. The average Bonchev–Trinajstić information content (AvgIpc) is 2.29. The molecule has 4 heteroatoms. The minimum absolute atomic E-state index is 0.350. The second-order valence-corrected chi connectivity index (χ2v) is 6.61. The topological polar surface area (TPSA) is 46.2 Å². The molecule has 0 aliphatic heterocycles. The molecule has 0 aliphatic rings. The summed E-state index contributed by atoms with van der Waals surface area (Å²) in [6.45, 7) is 5.13. The molecule has 18 heavy (non-hydrogen) atoms. The number of hydrogen-bond acceptors (Lipinski definition) is 3. The summed E-state index contributed by atoms with van der Waals surface area (Å²) in [6, 6.07) is 7.64. The van der Waals surface area contributed by atoms with Crippen LogP contribution in [-0.2, 0) is 16.3 Å². The summed E-state index contributed by atoms with van der Waals surface area (Å²) in [4.78, 5) is 0.462. The molecule has 102 valence electrons. The van der Waals surface area contributed by atoms with Crippen molar-refractivity contribution in [3.63, 3.8) is 0 Å². The van der Waals surface area contributed by atoms with Gasteiger partial charge in [-0.25, -0.2) is 8.42 Å². The summed E-state index contributed by atoms with van der Waals surface area (Å²) < 4.78 is 23.5. The molecule has 1 aromatic carbocycles. The van der Waals surface area contributed by atoms with Crippen LogP contribution in [0.3, 0.4) is 0 Å². The van der Waals surface area contributed by atoms with E-state index in [0.29, 0.717) is 10.9 Å². The van der Waals surface area contributed by atoms with E-state index in [2.05, 4.69) is 19.2 Å². The predicted octanol–water partition coefficient (Wildman–Crippen LogP) is 2.41. The third kappa shape index (κ3) is 4.42. The number of benzene rings is 1. The lowest BCUT2D eigenvalue weighted by Crippen LogP contribution is -2.31. The van der Waals surface area contributed by atoms with Crippen molar-refractivity contribution in [2.45, 2.75) is 44.0 Å². The molecule has 0 fully saturated rings. The van der Waals surface area contributed by atoms with E-state index < -0.39 is 9.84 Å². The first-order chi connectivity index (χ1) is 8.49. The van der Waals surface area contributed by atoms with Crippen LogP contribution >= 0.6 is 0 Å². The lowest BCUT2D eigenvalue weighted by molar-refractivity contribution is 0.483. The second-order valence-electron chi connectivity index (χ2n) is 4.63. The Hall–Kier alpha value is -0.870. The van der Waals surface area contributed by atoms with E-state index in [1.165, 1.54) is 6.26 Å². The lowest BCUT2D eigenvalue weighted by atomic mass is 10.0. The van der Waals surface area contributed by atoms with Crippen LogP contribution in [0.1, 0.15) is 32.3 Å². The first-order valence-electron chi connectivity index (χ1n) is 6.50. The van der Waals surface area contributed by atoms with Crippen molar-refractivity contribution < 1.29 is 8.42 Å². The fourth-order valence-electron chi connectivity index (χ4n) is 2.21. The summed E-state index contributed by atoms with van der Waals surface area (Å²) in [7, 11) is -3.14. The van der Waals surface area contributed by atoms with Gasteiger partial charge in [0, 0.05) is 12.3 Å². The Balaban J connectivity index is 2.95. The van der Waals surface area contributed by atoms with Crippen LogP contribution < -0.4 is 5.32 Å². The van der Waals surface area contributed by atoms with E-state index in [-0.39, 0.29) is 0 Å². The van der Waals surface area contributed by atoms with E-state index in [9.17, 15) is 8.42 Å². The highest BCUT2D eigenvalue weighted by Gasteiger charge is 2.15. The van der Waals surface area contributed by atoms with Gasteiger partial charge in [0.05, 0.1) is 4.90 Å². The average molecular weight is 269 g/mol. The van der Waals surface area contributed by atoms with E-state index in [0.717, 1.165) is 31.4 Å². The monoisotopic (exact) mass is 269 g/mol. The van der Waals surface area contributed by atoms with Crippen molar-refractivity contribution in [3.05, 3.63) is 29.8 Å². The third-order valence-corrected chi connectivity index (χ3v) is 4.17. The minimum atomic E-state index is -3.14. The summed E-state index contributed by atoms with van der Waals surface area (Å²) >= 11 is 0. The molecule has 1 rings (SSSR count). The zero-order valence-corrected chi connectivity index (χ0v) is 12.3. The lowest BCUT2D eigenvalue weighted by Gasteiger charge is -2.18. The molecule has 0 saturated heterocycles. The number of likely N-dealkylation sites (N-methyl/N-ethyl adjacent to an activating group) is 1. The van der Waals surface area contributed by atoms with Gasteiger partial charge in [-0.2, -0.15) is 0 Å². The summed E-state index contributed by atoms with van der Waals surface area (Å²) in [6.07, 6.45) is 4.20. The maximum Gasteiger partial charge on any atom is 0.175 e. The van der Waals surface area contributed by atoms with Crippen LogP contribution in [0.4, 0.5) is 0 Å². The molecule has 3 nitrogen and oxygen atoms in total.